The van der Waals surface area contributed by atoms with E-state index in [-0.39, 0.29) is 12.5 Å². The number of halogens is 1. The number of para-hydroxylation sites is 1. The van der Waals surface area contributed by atoms with Crippen LogP contribution in [0.15, 0.2) is 53.1 Å². The lowest BCUT2D eigenvalue weighted by Gasteiger charge is -2.17. The first-order valence-corrected chi connectivity index (χ1v) is 9.70. The van der Waals surface area contributed by atoms with E-state index in [1.807, 2.05) is 24.3 Å². The lowest BCUT2D eigenvalue weighted by Crippen LogP contribution is -2.29. The molecule has 0 N–H and O–H groups in total. The Kier molecular flexibility index (Phi) is 4.67. The van der Waals surface area contributed by atoms with E-state index in [9.17, 15) is 4.79 Å². The van der Waals surface area contributed by atoms with E-state index in [0.717, 1.165) is 10.2 Å². The van der Waals surface area contributed by atoms with E-state index >= 15 is 0 Å². The van der Waals surface area contributed by atoms with Crippen LogP contribution in [0.2, 0.25) is 4.34 Å². The number of carbonyl (C=O) groups is 1. The first-order valence-electron chi connectivity index (χ1n) is 7.69. The number of carbonyl (C=O) groups excluding carboxylic acids is 1. The molecule has 4 aromatic rings. The van der Waals surface area contributed by atoms with Gasteiger partial charge in [0.2, 0.25) is 0 Å². The molecule has 0 aliphatic carbocycles. The summed E-state index contributed by atoms with van der Waals surface area (Å²) in [5.74, 6) is 1.18. The Balaban J connectivity index is 1.78. The zero-order chi connectivity index (χ0) is 18.1. The van der Waals surface area contributed by atoms with Crippen molar-refractivity contribution in [3.05, 3.63) is 63.7 Å². The summed E-state index contributed by atoms with van der Waals surface area (Å²) in [6, 6.07) is 12.8. The molecule has 132 valence electrons. The molecule has 0 unspecified atom stereocenters. The molecule has 5 nitrogen and oxygen atoms in total. The van der Waals surface area contributed by atoms with Gasteiger partial charge < -0.3 is 9.15 Å². The van der Waals surface area contributed by atoms with Crippen molar-refractivity contribution in [1.29, 1.82) is 0 Å². The van der Waals surface area contributed by atoms with Crippen LogP contribution in [0.4, 0.5) is 5.13 Å². The minimum atomic E-state index is -0.170. The van der Waals surface area contributed by atoms with Crippen molar-refractivity contribution in [2.24, 2.45) is 0 Å². The van der Waals surface area contributed by atoms with Crippen LogP contribution < -0.4 is 9.64 Å². The highest BCUT2D eigenvalue weighted by Gasteiger charge is 2.24. The zero-order valence-electron chi connectivity index (χ0n) is 13.6. The molecule has 8 heteroatoms. The summed E-state index contributed by atoms with van der Waals surface area (Å²) in [5.41, 5.74) is 0.733. The zero-order valence-corrected chi connectivity index (χ0v) is 16.0. The van der Waals surface area contributed by atoms with Crippen LogP contribution in [0, 0.1) is 0 Å². The van der Waals surface area contributed by atoms with Gasteiger partial charge in [0.25, 0.3) is 5.91 Å². The monoisotopic (exact) mass is 404 g/mol. The Bertz CT molecular complexity index is 1060. The molecule has 0 saturated heterocycles. The molecule has 4 rings (SSSR count). The van der Waals surface area contributed by atoms with Crippen LogP contribution >= 0.6 is 34.3 Å². The maximum Gasteiger partial charge on any atom is 0.270 e. The highest BCUT2D eigenvalue weighted by atomic mass is 35.5. The molecule has 0 atom stereocenters. The molecule has 0 aliphatic rings. The largest absolute Gasteiger partial charge is 0.494 e. The molecule has 3 heterocycles. The second-order valence-corrected chi connectivity index (χ2v) is 8.10. The summed E-state index contributed by atoms with van der Waals surface area (Å²) >= 11 is 8.67. The van der Waals surface area contributed by atoms with Crippen molar-refractivity contribution in [1.82, 2.24) is 4.98 Å². The third kappa shape index (κ3) is 3.21. The number of aromatic nitrogens is 1. The lowest BCUT2D eigenvalue weighted by atomic mass is 10.3. The third-order valence-corrected chi connectivity index (χ3v) is 6.01. The fourth-order valence-corrected chi connectivity index (χ4v) is 4.51. The van der Waals surface area contributed by atoms with E-state index in [1.54, 1.807) is 36.5 Å². The van der Waals surface area contributed by atoms with Crippen LogP contribution in [-0.2, 0) is 6.54 Å². The summed E-state index contributed by atoms with van der Waals surface area (Å²) in [5, 5.41) is 0.579. The van der Waals surface area contributed by atoms with Crippen molar-refractivity contribution >= 4 is 55.5 Å². The number of fused-ring (bicyclic) bond motifs is 1. The summed E-state index contributed by atoms with van der Waals surface area (Å²) in [6.07, 6.45) is 1.58. The molecular formula is C18H13ClN2O3S2. The summed E-state index contributed by atoms with van der Waals surface area (Å²) in [6.45, 7) is 0.281. The van der Waals surface area contributed by atoms with Crippen molar-refractivity contribution < 1.29 is 13.9 Å². The van der Waals surface area contributed by atoms with Gasteiger partial charge in [-0.15, -0.1) is 11.3 Å². The van der Waals surface area contributed by atoms with Gasteiger partial charge in [-0.05, 0) is 36.4 Å². The summed E-state index contributed by atoms with van der Waals surface area (Å²) in [7, 11) is 1.60. The molecule has 0 spiro atoms. The maximum atomic E-state index is 13.1. The predicted molar refractivity (Wildman–Crippen MR) is 105 cm³/mol. The van der Waals surface area contributed by atoms with Crippen molar-refractivity contribution in [2.75, 3.05) is 12.0 Å². The Morgan fingerprint density at radius 3 is 2.81 bits per heavy atom. The van der Waals surface area contributed by atoms with Gasteiger partial charge in [-0.1, -0.05) is 29.0 Å². The highest BCUT2D eigenvalue weighted by molar-refractivity contribution is 7.22. The van der Waals surface area contributed by atoms with Gasteiger partial charge in [0.15, 0.2) is 5.13 Å². The number of thiazole rings is 1. The number of rotatable bonds is 5. The van der Waals surface area contributed by atoms with E-state index in [1.165, 1.54) is 22.7 Å². The number of benzene rings is 1. The third-order valence-electron chi connectivity index (χ3n) is 3.74. The molecular weight excluding hydrogens is 392 g/mol. The Hall–Kier alpha value is -2.35. The Morgan fingerprint density at radius 1 is 1.23 bits per heavy atom. The number of thiophene rings is 1. The number of methoxy groups -OCH3 is 1. The fraction of sp³-hybridized carbons (Fsp3) is 0.111. The molecule has 26 heavy (non-hydrogen) atoms. The SMILES string of the molecule is COc1cccc2sc(N(Cc3ccco3)C(=O)c3ccc(Cl)s3)nc12. The topological polar surface area (TPSA) is 55.6 Å². The number of furan rings is 1. The first kappa shape index (κ1) is 17.1. The van der Waals surface area contributed by atoms with Crippen LogP contribution in [-0.4, -0.2) is 18.0 Å². The predicted octanol–water partition coefficient (Wildman–Crippen LogP) is 5.46. The van der Waals surface area contributed by atoms with E-state index in [0.29, 0.717) is 25.9 Å². The summed E-state index contributed by atoms with van der Waals surface area (Å²) in [4.78, 5) is 19.9. The molecule has 0 radical (unpaired) electrons. The second-order valence-electron chi connectivity index (χ2n) is 5.38. The molecule has 3 aromatic heterocycles. The minimum absolute atomic E-state index is 0.170. The number of hydrogen-bond donors (Lipinski definition) is 0. The first-order chi connectivity index (χ1) is 12.7. The quantitative estimate of drug-likeness (QED) is 0.443. The van der Waals surface area contributed by atoms with Gasteiger partial charge >= 0.3 is 0 Å². The van der Waals surface area contributed by atoms with Gasteiger partial charge in [-0.2, -0.15) is 0 Å². The normalized spacial score (nSPS) is 11.0. The Morgan fingerprint density at radius 2 is 2.12 bits per heavy atom. The van der Waals surface area contributed by atoms with E-state index < -0.39 is 0 Å². The second kappa shape index (κ2) is 7.11. The number of anilines is 1. The number of amides is 1. The van der Waals surface area contributed by atoms with Gasteiger partial charge in [0.1, 0.15) is 17.0 Å². The van der Waals surface area contributed by atoms with Crippen molar-refractivity contribution in [2.45, 2.75) is 6.54 Å². The average Bonchev–Trinajstić information content (AvgIpc) is 3.38. The fourth-order valence-electron chi connectivity index (χ4n) is 2.54. The molecule has 0 bridgehead atoms. The number of nitrogens with zero attached hydrogens (tertiary/aromatic N) is 2. The highest BCUT2D eigenvalue weighted by Crippen LogP contribution is 2.36. The molecule has 0 saturated carbocycles. The van der Waals surface area contributed by atoms with E-state index in [4.69, 9.17) is 20.8 Å². The molecule has 1 aromatic carbocycles. The van der Waals surface area contributed by atoms with Gasteiger partial charge in [0.05, 0.1) is 33.8 Å². The van der Waals surface area contributed by atoms with Crippen molar-refractivity contribution in [3.8, 4) is 5.75 Å². The standard InChI is InChI=1S/C18H13ClN2O3S2/c1-23-12-5-2-6-13-16(12)20-18(26-13)21(10-11-4-3-9-24-11)17(22)14-7-8-15(19)25-14/h2-9H,10H2,1H3. The van der Waals surface area contributed by atoms with Crippen molar-refractivity contribution in [3.63, 3.8) is 0 Å². The lowest BCUT2D eigenvalue weighted by molar-refractivity contribution is 0.0987. The number of ether oxygens (including phenoxy) is 1. The average molecular weight is 405 g/mol. The smallest absolute Gasteiger partial charge is 0.270 e. The minimum Gasteiger partial charge on any atom is -0.494 e. The Labute approximate surface area is 162 Å². The van der Waals surface area contributed by atoms with Crippen LogP contribution in [0.3, 0.4) is 0 Å². The van der Waals surface area contributed by atoms with Crippen LogP contribution in [0.5, 0.6) is 5.75 Å². The van der Waals surface area contributed by atoms with E-state index in [2.05, 4.69) is 4.98 Å². The van der Waals surface area contributed by atoms with Gasteiger partial charge in [0, 0.05) is 0 Å². The van der Waals surface area contributed by atoms with Crippen LogP contribution in [0.1, 0.15) is 15.4 Å². The molecule has 0 aliphatic heterocycles. The van der Waals surface area contributed by atoms with Gasteiger partial charge in [-0.25, -0.2) is 4.98 Å². The molecule has 0 fully saturated rings. The van der Waals surface area contributed by atoms with Gasteiger partial charge in [-0.3, -0.25) is 9.69 Å². The van der Waals surface area contributed by atoms with Crippen LogP contribution in [0.25, 0.3) is 10.2 Å². The maximum absolute atomic E-state index is 13.1. The summed E-state index contributed by atoms with van der Waals surface area (Å²) < 4.78 is 12.3. The number of hydrogen-bond acceptors (Lipinski definition) is 6. The molecule has 1 amide bonds.